The van der Waals surface area contributed by atoms with E-state index in [4.69, 9.17) is 0 Å². The fraction of sp³-hybridized carbons (Fsp3) is 0.667. The number of imidazole rings is 1. The van der Waals surface area contributed by atoms with Gasteiger partial charge >= 0.3 is 0 Å². The molecule has 4 rings (SSSR count). The van der Waals surface area contributed by atoms with Gasteiger partial charge in [0.25, 0.3) is 0 Å². The number of carbonyl (C=O) groups excluding carboxylic acids is 1. The van der Waals surface area contributed by atoms with Crippen LogP contribution >= 0.6 is 0 Å². The highest BCUT2D eigenvalue weighted by Crippen LogP contribution is 2.25. The van der Waals surface area contributed by atoms with E-state index in [2.05, 4.69) is 41.6 Å². The Labute approximate surface area is 195 Å². The molecule has 0 bridgehead atoms. The third-order valence-electron chi connectivity index (χ3n) is 6.97. The number of aromatic nitrogens is 3. The minimum atomic E-state index is 0.264. The average Bonchev–Trinajstić information content (AvgIpc) is 3.29. The van der Waals surface area contributed by atoms with Crippen LogP contribution in [0.25, 0.3) is 11.0 Å². The zero-order valence-corrected chi connectivity index (χ0v) is 20.2. The van der Waals surface area contributed by atoms with Gasteiger partial charge < -0.3 is 9.47 Å². The molecule has 0 N–H and O–H groups in total. The number of hydrogen-bond acceptors (Lipinski definition) is 3. The number of terminal acetylenes is 1. The second-order valence-corrected chi connectivity index (χ2v) is 8.94. The van der Waals surface area contributed by atoms with Crippen LogP contribution in [0.3, 0.4) is 0 Å². The highest BCUT2D eigenvalue weighted by molar-refractivity contribution is 5.77. The van der Waals surface area contributed by atoms with E-state index in [9.17, 15) is 4.79 Å². The van der Waals surface area contributed by atoms with Gasteiger partial charge in [-0.05, 0) is 31.7 Å². The van der Waals surface area contributed by atoms with E-state index in [-0.39, 0.29) is 5.91 Å². The smallest absolute Gasteiger partial charge is 0.224 e. The van der Waals surface area contributed by atoms with Crippen molar-refractivity contribution >= 4 is 16.9 Å². The summed E-state index contributed by atoms with van der Waals surface area (Å²) in [5.74, 6) is 1.35. The van der Waals surface area contributed by atoms with Gasteiger partial charge in [0.15, 0.2) is 0 Å². The topological polar surface area (TPSA) is 51.0 Å². The summed E-state index contributed by atoms with van der Waals surface area (Å²) in [6, 6.07) is 2.35. The first-order valence-corrected chi connectivity index (χ1v) is 12.6. The summed E-state index contributed by atoms with van der Waals surface area (Å²) in [7, 11) is 0. The van der Waals surface area contributed by atoms with E-state index in [1.165, 1.54) is 57.8 Å². The van der Waals surface area contributed by atoms with E-state index in [0.717, 1.165) is 36.3 Å². The van der Waals surface area contributed by atoms with E-state index in [1.807, 2.05) is 16.8 Å². The van der Waals surface area contributed by atoms with Crippen molar-refractivity contribution in [3.8, 4) is 12.8 Å². The third kappa shape index (κ3) is 7.65. The molecule has 0 aliphatic heterocycles. The van der Waals surface area contributed by atoms with Crippen LogP contribution in [0, 0.1) is 18.8 Å². The molecule has 0 radical (unpaired) electrons. The molecule has 0 aromatic carbocycles. The Morgan fingerprint density at radius 3 is 2.31 bits per heavy atom. The lowest BCUT2D eigenvalue weighted by molar-refractivity contribution is -0.134. The van der Waals surface area contributed by atoms with Crippen molar-refractivity contribution in [1.29, 1.82) is 0 Å². The molecule has 5 heteroatoms. The van der Waals surface area contributed by atoms with Crippen molar-refractivity contribution in [2.45, 2.75) is 103 Å². The summed E-state index contributed by atoms with van der Waals surface area (Å²) in [5.41, 5.74) is 1.93. The lowest BCUT2D eigenvalue weighted by Crippen LogP contribution is -2.41. The number of rotatable bonds is 6. The summed E-state index contributed by atoms with van der Waals surface area (Å²) in [5, 5.41) is 0. The van der Waals surface area contributed by atoms with E-state index >= 15 is 0 Å². The maximum absolute atomic E-state index is 12.6. The third-order valence-corrected chi connectivity index (χ3v) is 6.97. The molecular formula is C27H42N4O. The molecule has 2 aromatic rings. The van der Waals surface area contributed by atoms with Gasteiger partial charge in [-0.1, -0.05) is 64.7 Å². The summed E-state index contributed by atoms with van der Waals surface area (Å²) in [6.45, 7) is 5.89. The first kappa shape index (κ1) is 25.9. The molecule has 176 valence electrons. The van der Waals surface area contributed by atoms with Crippen molar-refractivity contribution in [1.82, 2.24) is 19.4 Å². The number of carbonyl (C=O) groups is 1. The van der Waals surface area contributed by atoms with Gasteiger partial charge in [0, 0.05) is 31.7 Å². The first-order chi connectivity index (χ1) is 15.7. The molecule has 0 spiro atoms. The van der Waals surface area contributed by atoms with Gasteiger partial charge in [0.2, 0.25) is 5.91 Å². The Hall–Kier alpha value is -2.35. The molecule has 2 aliphatic carbocycles. The van der Waals surface area contributed by atoms with Crippen molar-refractivity contribution in [2.75, 3.05) is 6.54 Å². The number of fused-ring (bicyclic) bond motifs is 1. The van der Waals surface area contributed by atoms with Crippen molar-refractivity contribution in [3.63, 3.8) is 0 Å². The van der Waals surface area contributed by atoms with Gasteiger partial charge in [-0.15, -0.1) is 12.8 Å². The first-order valence-electron chi connectivity index (χ1n) is 12.6. The lowest BCUT2D eigenvalue weighted by atomic mass is 9.88. The predicted molar refractivity (Wildman–Crippen MR) is 133 cm³/mol. The summed E-state index contributed by atoms with van der Waals surface area (Å²) in [4.78, 5) is 23.2. The minimum Gasteiger partial charge on any atom is -0.340 e. The number of hydrogen-bond donors (Lipinski definition) is 0. The Kier molecular flexibility index (Phi) is 11.9. The molecule has 5 nitrogen and oxygen atoms in total. The lowest BCUT2D eigenvalue weighted by Gasteiger charge is -2.33. The Balaban J connectivity index is 0.000000304. The molecule has 0 saturated heterocycles. The zero-order valence-electron chi connectivity index (χ0n) is 20.2. The molecule has 2 heterocycles. The molecule has 0 unspecified atom stereocenters. The van der Waals surface area contributed by atoms with E-state index < -0.39 is 0 Å². The van der Waals surface area contributed by atoms with Gasteiger partial charge in [-0.2, -0.15) is 0 Å². The maximum atomic E-state index is 12.6. The highest BCUT2D eigenvalue weighted by atomic mass is 16.2. The molecule has 32 heavy (non-hydrogen) atoms. The van der Waals surface area contributed by atoms with Crippen LogP contribution in [0.5, 0.6) is 0 Å². The molecule has 2 aliphatic rings. The Morgan fingerprint density at radius 1 is 1.06 bits per heavy atom. The van der Waals surface area contributed by atoms with Crippen molar-refractivity contribution in [2.24, 2.45) is 5.92 Å². The number of aryl methyl sites for hydroxylation is 1. The van der Waals surface area contributed by atoms with Gasteiger partial charge in [-0.3, -0.25) is 9.78 Å². The monoisotopic (exact) mass is 438 g/mol. The second-order valence-electron chi connectivity index (χ2n) is 8.94. The van der Waals surface area contributed by atoms with Gasteiger partial charge in [0.05, 0.1) is 23.6 Å². The van der Waals surface area contributed by atoms with Crippen LogP contribution in [0.15, 0.2) is 24.8 Å². The van der Waals surface area contributed by atoms with Crippen molar-refractivity contribution < 1.29 is 4.79 Å². The highest BCUT2D eigenvalue weighted by Gasteiger charge is 2.23. The van der Waals surface area contributed by atoms with Crippen LogP contribution in [0.4, 0.5) is 0 Å². The Bertz CT molecular complexity index is 800. The predicted octanol–water partition coefficient (Wildman–Crippen LogP) is 6.23. The van der Waals surface area contributed by atoms with Crippen molar-refractivity contribution in [3.05, 3.63) is 24.8 Å². The van der Waals surface area contributed by atoms with Crippen LogP contribution in [-0.4, -0.2) is 37.9 Å². The zero-order chi connectivity index (χ0) is 23.2. The largest absolute Gasteiger partial charge is 0.340 e. The number of nitrogens with zero attached hydrogens (tertiary/aromatic N) is 4. The standard InChI is InChI=1S/C17H24N4O.C8H16.C2H2/c1-2-21(14-6-4-3-5-7-14)17(22)9-11-20-13-19-15-8-10-18-12-16(15)20;1-2-8-6-4-3-5-7-8;1-2/h8,10,12-14H,2-7,9,11H2,1H3;8H,2-7H2,1H3;1-2H. The van der Waals surface area contributed by atoms with Crippen LogP contribution in [0.2, 0.25) is 0 Å². The van der Waals surface area contributed by atoms with Gasteiger partial charge in [0.1, 0.15) is 0 Å². The Morgan fingerprint density at radius 2 is 1.72 bits per heavy atom. The van der Waals surface area contributed by atoms with Crippen LogP contribution in [0.1, 0.15) is 90.9 Å². The summed E-state index contributed by atoms with van der Waals surface area (Å²) in [6.07, 6.45) is 29.0. The molecule has 1 amide bonds. The molecule has 2 fully saturated rings. The average molecular weight is 439 g/mol. The fourth-order valence-electron chi connectivity index (χ4n) is 5.07. The molecule has 2 aromatic heterocycles. The van der Waals surface area contributed by atoms with Crippen LogP contribution < -0.4 is 0 Å². The maximum Gasteiger partial charge on any atom is 0.224 e. The quantitative estimate of drug-likeness (QED) is 0.502. The summed E-state index contributed by atoms with van der Waals surface area (Å²) >= 11 is 0. The molecule has 2 saturated carbocycles. The fourth-order valence-corrected chi connectivity index (χ4v) is 5.07. The second kappa shape index (κ2) is 14.7. The molecular weight excluding hydrogens is 396 g/mol. The molecule has 0 atom stereocenters. The van der Waals surface area contributed by atoms with Crippen LogP contribution in [-0.2, 0) is 11.3 Å². The SMILES string of the molecule is C#C.CCC1CCCCC1.CCN(C(=O)CCn1cnc2ccncc21)C1CCCCC1. The summed E-state index contributed by atoms with van der Waals surface area (Å²) < 4.78 is 2.02. The number of pyridine rings is 1. The van der Waals surface area contributed by atoms with Gasteiger partial charge in [-0.25, -0.2) is 4.98 Å². The van der Waals surface area contributed by atoms with E-state index in [1.54, 1.807) is 12.5 Å². The minimum absolute atomic E-state index is 0.264. The normalized spacial score (nSPS) is 17.0. The number of amides is 1. The van der Waals surface area contributed by atoms with E-state index in [0.29, 0.717) is 19.0 Å².